The summed E-state index contributed by atoms with van der Waals surface area (Å²) in [6.45, 7) is 8.10. The summed E-state index contributed by atoms with van der Waals surface area (Å²) >= 11 is 0. The van der Waals surface area contributed by atoms with Crippen molar-refractivity contribution < 1.29 is 0 Å². The molecule has 0 saturated heterocycles. The minimum Gasteiger partial charge on any atom is -0.307 e. The average Bonchev–Trinajstić information content (AvgIpc) is 3.85. The first-order chi connectivity index (χ1) is 32.9. The zero-order chi connectivity index (χ0) is 45.2. The number of aromatic nitrogens is 9. The van der Waals surface area contributed by atoms with Crippen LogP contribution in [-0.2, 0) is 0 Å². The molecule has 12 rings (SSSR count). The highest BCUT2D eigenvalue weighted by Gasteiger charge is 2.29. The van der Waals surface area contributed by atoms with Gasteiger partial charge in [-0.1, -0.05) is 97.1 Å². The molecule has 10 heteroatoms. The summed E-state index contributed by atoms with van der Waals surface area (Å²) in [6.07, 6.45) is 0. The van der Waals surface area contributed by atoms with Gasteiger partial charge in [-0.05, 0) is 113 Å². The molecule has 0 amide bonds. The van der Waals surface area contributed by atoms with Gasteiger partial charge in [0.1, 0.15) is 22.1 Å². The lowest BCUT2D eigenvalue weighted by Crippen LogP contribution is -2.17. The highest BCUT2D eigenvalue weighted by atomic mass is 15.2. The number of benzene rings is 5. The largest absolute Gasteiger partial charge is 0.307 e. The van der Waals surface area contributed by atoms with Gasteiger partial charge in [-0.2, -0.15) is 0 Å². The number of nitrogens with zero attached hydrogens (tertiary/aromatic N) is 10. The Balaban J connectivity index is 1.31. The van der Waals surface area contributed by atoms with Crippen LogP contribution < -0.4 is 4.90 Å². The zero-order valence-corrected chi connectivity index (χ0v) is 37.3. The van der Waals surface area contributed by atoms with Crippen molar-refractivity contribution in [3.63, 3.8) is 0 Å². The molecule has 0 aliphatic carbocycles. The molecule has 0 spiro atoms. The van der Waals surface area contributed by atoms with Crippen molar-refractivity contribution in [2.45, 2.75) is 27.7 Å². The number of para-hydroxylation sites is 2. The van der Waals surface area contributed by atoms with Crippen molar-refractivity contribution in [1.82, 2.24) is 44.0 Å². The van der Waals surface area contributed by atoms with Gasteiger partial charge in [-0.3, -0.25) is 0 Å². The Kier molecular flexibility index (Phi) is 9.46. The predicted octanol–water partition coefficient (Wildman–Crippen LogP) is 13.4. The lowest BCUT2D eigenvalue weighted by Gasteiger charge is -2.31. The van der Waals surface area contributed by atoms with E-state index in [-0.39, 0.29) is 0 Å². The maximum atomic E-state index is 5.33. The van der Waals surface area contributed by atoms with Crippen molar-refractivity contribution in [2.24, 2.45) is 0 Å². The first-order valence-electron chi connectivity index (χ1n) is 22.3. The SMILES string of the molecule is Cc1ccc2c(n1)c1nc(C)ccc1n2-c1cc(-c2nc(-c3ccccc3)nc(-c3ccccc3)n2)cc(-n2c3ccc(C)nc3c3nc(C)ccc32)c1N(c1ccccc1)c1ccccc1. The summed E-state index contributed by atoms with van der Waals surface area (Å²) in [7, 11) is 0. The van der Waals surface area contributed by atoms with E-state index in [0.29, 0.717) is 17.5 Å². The Morgan fingerprint density at radius 1 is 0.313 bits per heavy atom. The first-order valence-corrected chi connectivity index (χ1v) is 22.3. The molecular weight excluding hydrogens is 825 g/mol. The molecule has 0 radical (unpaired) electrons. The summed E-state index contributed by atoms with van der Waals surface area (Å²) < 4.78 is 4.61. The second kappa shape index (κ2) is 16.0. The van der Waals surface area contributed by atoms with Gasteiger partial charge in [-0.25, -0.2) is 34.9 Å². The van der Waals surface area contributed by atoms with Crippen LogP contribution in [0.15, 0.2) is 182 Å². The van der Waals surface area contributed by atoms with Crippen LogP contribution in [0.1, 0.15) is 22.8 Å². The number of fused-ring (bicyclic) bond motifs is 6. The zero-order valence-electron chi connectivity index (χ0n) is 37.3. The van der Waals surface area contributed by atoms with E-state index in [2.05, 4.69) is 135 Å². The molecule has 0 N–H and O–H groups in total. The van der Waals surface area contributed by atoms with E-state index in [1.165, 1.54) is 0 Å². The molecule has 67 heavy (non-hydrogen) atoms. The van der Waals surface area contributed by atoms with Crippen molar-refractivity contribution in [3.8, 4) is 45.5 Å². The van der Waals surface area contributed by atoms with Crippen LogP contribution in [0.5, 0.6) is 0 Å². The maximum absolute atomic E-state index is 5.33. The minimum absolute atomic E-state index is 0.514. The molecule has 0 aliphatic heterocycles. The molecule has 12 aromatic rings. The van der Waals surface area contributed by atoms with E-state index in [1.807, 2.05) is 88.4 Å². The lowest BCUT2D eigenvalue weighted by molar-refractivity contribution is 1.06. The van der Waals surface area contributed by atoms with Crippen LogP contribution in [-0.4, -0.2) is 44.0 Å². The van der Waals surface area contributed by atoms with Gasteiger partial charge >= 0.3 is 0 Å². The van der Waals surface area contributed by atoms with Gasteiger partial charge in [0.25, 0.3) is 0 Å². The van der Waals surface area contributed by atoms with Gasteiger partial charge in [-0.15, -0.1) is 0 Å². The third-order valence-electron chi connectivity index (χ3n) is 12.2. The van der Waals surface area contributed by atoms with Crippen molar-refractivity contribution >= 4 is 61.2 Å². The molecule has 320 valence electrons. The topological polar surface area (TPSA) is 103 Å². The van der Waals surface area contributed by atoms with Crippen LogP contribution in [0.2, 0.25) is 0 Å². The quantitative estimate of drug-likeness (QED) is 0.149. The molecule has 0 aliphatic rings. The molecule has 0 atom stereocenters. The first kappa shape index (κ1) is 39.7. The average molecular weight is 867 g/mol. The highest BCUT2D eigenvalue weighted by Crippen LogP contribution is 2.48. The van der Waals surface area contributed by atoms with E-state index in [9.17, 15) is 0 Å². The van der Waals surface area contributed by atoms with E-state index < -0.39 is 0 Å². The maximum Gasteiger partial charge on any atom is 0.164 e. The van der Waals surface area contributed by atoms with Crippen LogP contribution >= 0.6 is 0 Å². The number of aryl methyl sites for hydroxylation is 4. The number of hydrogen-bond donors (Lipinski definition) is 0. The molecule has 0 fully saturated rings. The third kappa shape index (κ3) is 6.85. The van der Waals surface area contributed by atoms with Crippen LogP contribution in [0.25, 0.3) is 89.7 Å². The smallest absolute Gasteiger partial charge is 0.164 e. The van der Waals surface area contributed by atoms with E-state index in [0.717, 1.165) is 112 Å². The van der Waals surface area contributed by atoms with Gasteiger partial charge in [0, 0.05) is 50.8 Å². The second-order valence-corrected chi connectivity index (χ2v) is 16.9. The molecule has 0 saturated carbocycles. The normalized spacial score (nSPS) is 11.6. The Bertz CT molecular complexity index is 3480. The number of rotatable bonds is 8. The summed E-state index contributed by atoms with van der Waals surface area (Å²) in [5.41, 5.74) is 17.6. The Hall–Kier alpha value is -8.89. The highest BCUT2D eigenvalue weighted by molar-refractivity contribution is 6.09. The Labute approximate surface area is 386 Å². The minimum atomic E-state index is 0.514. The number of hydrogen-bond acceptors (Lipinski definition) is 8. The lowest BCUT2D eigenvalue weighted by atomic mass is 10.0. The monoisotopic (exact) mass is 866 g/mol. The fourth-order valence-corrected chi connectivity index (χ4v) is 9.20. The van der Waals surface area contributed by atoms with Crippen molar-refractivity contribution in [3.05, 3.63) is 205 Å². The fraction of sp³-hybridized carbons (Fsp3) is 0.0702. The molecule has 10 nitrogen and oxygen atoms in total. The van der Waals surface area contributed by atoms with Gasteiger partial charge in [0.15, 0.2) is 17.5 Å². The Morgan fingerprint density at radius 2 is 0.612 bits per heavy atom. The second-order valence-electron chi connectivity index (χ2n) is 16.9. The fourth-order valence-electron chi connectivity index (χ4n) is 9.20. The Morgan fingerprint density at radius 3 is 0.940 bits per heavy atom. The van der Waals surface area contributed by atoms with Crippen LogP contribution in [0.3, 0.4) is 0 Å². The van der Waals surface area contributed by atoms with E-state index >= 15 is 0 Å². The summed E-state index contributed by atoms with van der Waals surface area (Å²) in [4.78, 5) is 38.8. The van der Waals surface area contributed by atoms with Crippen molar-refractivity contribution in [2.75, 3.05) is 4.90 Å². The van der Waals surface area contributed by atoms with Crippen LogP contribution in [0, 0.1) is 27.7 Å². The predicted molar refractivity (Wildman–Crippen MR) is 270 cm³/mol. The van der Waals surface area contributed by atoms with Gasteiger partial charge in [0.2, 0.25) is 0 Å². The molecule has 0 unspecified atom stereocenters. The molecule has 0 bridgehead atoms. The van der Waals surface area contributed by atoms with E-state index in [4.69, 9.17) is 34.9 Å². The standard InChI is InChI=1S/C57H42N10/c1-35-25-29-44-50(58-35)51-45(30-26-36(2)59-51)66(44)48-33-41(57-63-55(39-17-9-5-10-18-39)62-56(64-57)40-19-11-6-12-20-40)34-49(54(48)65(42-21-13-7-14-22-42)43-23-15-8-16-24-43)67-46-31-27-37(3)60-52(46)53-47(67)32-28-38(4)61-53/h5-34H,1-4H3. The number of anilines is 3. The molecular formula is C57H42N10. The van der Waals surface area contributed by atoms with Gasteiger partial charge in [0.05, 0.1) is 39.1 Å². The molecule has 7 aromatic heterocycles. The van der Waals surface area contributed by atoms with Crippen LogP contribution in [0.4, 0.5) is 17.1 Å². The molecule has 5 aromatic carbocycles. The summed E-state index contributed by atoms with van der Waals surface area (Å²) in [5, 5.41) is 0. The summed E-state index contributed by atoms with van der Waals surface area (Å²) in [5.74, 6) is 1.65. The van der Waals surface area contributed by atoms with E-state index in [1.54, 1.807) is 0 Å². The third-order valence-corrected chi connectivity index (χ3v) is 12.2. The summed E-state index contributed by atoms with van der Waals surface area (Å²) in [6, 6.07) is 62.6. The molecule has 7 heterocycles. The number of pyridine rings is 4. The van der Waals surface area contributed by atoms with Crippen molar-refractivity contribution in [1.29, 1.82) is 0 Å². The van der Waals surface area contributed by atoms with Gasteiger partial charge < -0.3 is 14.0 Å².